The Hall–Kier alpha value is -1.23. The number of nitrogens with zero attached hydrogens (tertiary/aromatic N) is 1. The number of anilines is 1. The third-order valence-corrected chi connectivity index (χ3v) is 3.52. The van der Waals surface area contributed by atoms with Gasteiger partial charge >= 0.3 is 0 Å². The van der Waals surface area contributed by atoms with E-state index in [0.717, 1.165) is 11.6 Å². The molecule has 0 spiro atoms. The van der Waals surface area contributed by atoms with Gasteiger partial charge in [0.15, 0.2) is 5.82 Å². The highest BCUT2D eigenvalue weighted by Crippen LogP contribution is 2.34. The smallest absolute Gasteiger partial charge is 0.150 e. The van der Waals surface area contributed by atoms with Crippen molar-refractivity contribution in [1.29, 1.82) is 0 Å². The SMILES string of the molecule is CCNc1c(C)c(C)nc2c(F)cc(Br)c(F)c12. The van der Waals surface area contributed by atoms with Gasteiger partial charge in [0, 0.05) is 12.2 Å². The third kappa shape index (κ3) is 1.96. The normalized spacial score (nSPS) is 11.0. The molecule has 1 aromatic carbocycles. The Morgan fingerprint density at radius 3 is 2.61 bits per heavy atom. The lowest BCUT2D eigenvalue weighted by molar-refractivity contribution is 0.609. The molecule has 0 amide bonds. The molecule has 0 saturated carbocycles. The highest BCUT2D eigenvalue weighted by Gasteiger charge is 2.18. The second kappa shape index (κ2) is 4.80. The summed E-state index contributed by atoms with van der Waals surface area (Å²) in [6.45, 7) is 6.17. The van der Waals surface area contributed by atoms with Crippen LogP contribution in [0.15, 0.2) is 10.5 Å². The van der Waals surface area contributed by atoms with Crippen molar-refractivity contribution in [3.8, 4) is 0 Å². The summed E-state index contributed by atoms with van der Waals surface area (Å²) in [4.78, 5) is 4.14. The zero-order valence-electron chi connectivity index (χ0n) is 10.4. The fourth-order valence-electron chi connectivity index (χ4n) is 1.94. The number of hydrogen-bond acceptors (Lipinski definition) is 2. The van der Waals surface area contributed by atoms with E-state index in [1.54, 1.807) is 6.92 Å². The van der Waals surface area contributed by atoms with Crippen LogP contribution in [-0.4, -0.2) is 11.5 Å². The first-order chi connectivity index (χ1) is 8.47. The molecule has 0 saturated heterocycles. The molecule has 0 unspecified atom stereocenters. The standard InChI is InChI=1S/C13H13BrF2N2/c1-4-17-12-6(2)7(3)18-13-9(15)5-8(14)11(16)10(12)13/h5H,4H2,1-3H3,(H,17,18). The van der Waals surface area contributed by atoms with E-state index >= 15 is 0 Å². The average molecular weight is 315 g/mol. The summed E-state index contributed by atoms with van der Waals surface area (Å²) in [6, 6.07) is 1.11. The van der Waals surface area contributed by atoms with Gasteiger partial charge in [-0.05, 0) is 48.3 Å². The van der Waals surface area contributed by atoms with Gasteiger partial charge in [0.25, 0.3) is 0 Å². The van der Waals surface area contributed by atoms with Crippen LogP contribution < -0.4 is 5.32 Å². The Labute approximate surface area is 113 Å². The van der Waals surface area contributed by atoms with Crippen LogP contribution >= 0.6 is 15.9 Å². The van der Waals surface area contributed by atoms with Crippen molar-refractivity contribution in [2.75, 3.05) is 11.9 Å². The van der Waals surface area contributed by atoms with E-state index in [1.807, 2.05) is 13.8 Å². The maximum absolute atomic E-state index is 14.2. The molecule has 5 heteroatoms. The first-order valence-corrected chi connectivity index (χ1v) is 6.45. The fraction of sp³-hybridized carbons (Fsp3) is 0.308. The van der Waals surface area contributed by atoms with Crippen LogP contribution in [0.25, 0.3) is 10.9 Å². The fourth-order valence-corrected chi connectivity index (χ4v) is 2.34. The van der Waals surface area contributed by atoms with Crippen LogP contribution in [0, 0.1) is 25.5 Å². The number of benzene rings is 1. The van der Waals surface area contributed by atoms with Crippen LogP contribution in [0.5, 0.6) is 0 Å². The Balaban J connectivity index is 2.97. The molecule has 1 N–H and O–H groups in total. The Bertz CT molecular complexity index is 626. The maximum Gasteiger partial charge on any atom is 0.150 e. The molecule has 96 valence electrons. The summed E-state index contributed by atoms with van der Waals surface area (Å²) in [5.41, 5.74) is 2.20. The van der Waals surface area contributed by atoms with Crippen LogP contribution in [0.3, 0.4) is 0 Å². The first kappa shape index (κ1) is 13.2. The predicted molar refractivity (Wildman–Crippen MR) is 73.0 cm³/mol. The molecular formula is C13H13BrF2N2. The van der Waals surface area contributed by atoms with Crippen molar-refractivity contribution in [1.82, 2.24) is 4.98 Å². The molecule has 0 aliphatic rings. The quantitative estimate of drug-likeness (QED) is 0.835. The van der Waals surface area contributed by atoms with Crippen molar-refractivity contribution >= 4 is 32.5 Å². The molecule has 2 rings (SSSR count). The van der Waals surface area contributed by atoms with Crippen molar-refractivity contribution < 1.29 is 8.78 Å². The summed E-state index contributed by atoms with van der Waals surface area (Å²) >= 11 is 3.02. The van der Waals surface area contributed by atoms with E-state index < -0.39 is 11.6 Å². The molecule has 0 atom stereocenters. The van der Waals surface area contributed by atoms with E-state index in [2.05, 4.69) is 26.2 Å². The molecule has 0 aliphatic heterocycles. The van der Waals surface area contributed by atoms with E-state index in [9.17, 15) is 8.78 Å². The monoisotopic (exact) mass is 314 g/mol. The molecule has 0 fully saturated rings. The van der Waals surface area contributed by atoms with E-state index in [1.165, 1.54) is 0 Å². The predicted octanol–water partition coefficient (Wildman–Crippen LogP) is 4.32. The Morgan fingerprint density at radius 2 is 2.00 bits per heavy atom. The van der Waals surface area contributed by atoms with Crippen molar-refractivity contribution in [3.63, 3.8) is 0 Å². The number of pyridine rings is 1. The molecule has 2 nitrogen and oxygen atoms in total. The lowest BCUT2D eigenvalue weighted by Gasteiger charge is -2.15. The highest BCUT2D eigenvalue weighted by molar-refractivity contribution is 9.10. The number of nitrogens with one attached hydrogen (secondary N) is 1. The van der Waals surface area contributed by atoms with Gasteiger partial charge in [-0.15, -0.1) is 0 Å². The Kier molecular flexibility index (Phi) is 3.52. The average Bonchev–Trinajstić information content (AvgIpc) is 2.32. The van der Waals surface area contributed by atoms with Gasteiger partial charge in [0.2, 0.25) is 0 Å². The molecule has 1 aromatic heterocycles. The summed E-state index contributed by atoms with van der Waals surface area (Å²) in [7, 11) is 0. The van der Waals surface area contributed by atoms with Gasteiger partial charge in [-0.3, -0.25) is 0 Å². The zero-order valence-corrected chi connectivity index (χ0v) is 12.0. The second-order valence-corrected chi connectivity index (χ2v) is 4.96. The largest absolute Gasteiger partial charge is 0.384 e. The van der Waals surface area contributed by atoms with Crippen molar-refractivity contribution in [3.05, 3.63) is 33.4 Å². The second-order valence-electron chi connectivity index (χ2n) is 4.11. The van der Waals surface area contributed by atoms with Gasteiger partial charge in [0.05, 0.1) is 15.5 Å². The van der Waals surface area contributed by atoms with E-state index in [4.69, 9.17) is 0 Å². The molecule has 0 aliphatic carbocycles. The van der Waals surface area contributed by atoms with Crippen molar-refractivity contribution in [2.24, 2.45) is 0 Å². The van der Waals surface area contributed by atoms with Crippen LogP contribution in [0.4, 0.5) is 14.5 Å². The van der Waals surface area contributed by atoms with Gasteiger partial charge in [-0.2, -0.15) is 0 Å². The minimum absolute atomic E-state index is 0.0646. The topological polar surface area (TPSA) is 24.9 Å². The number of aryl methyl sites for hydroxylation is 1. The molecule has 0 radical (unpaired) electrons. The van der Waals surface area contributed by atoms with E-state index in [-0.39, 0.29) is 15.4 Å². The minimum Gasteiger partial charge on any atom is -0.384 e. The lowest BCUT2D eigenvalue weighted by Crippen LogP contribution is -2.05. The van der Waals surface area contributed by atoms with Gasteiger partial charge in [0.1, 0.15) is 11.3 Å². The lowest BCUT2D eigenvalue weighted by atomic mass is 10.1. The maximum atomic E-state index is 14.2. The molecule has 0 bridgehead atoms. The van der Waals surface area contributed by atoms with Crippen LogP contribution in [0.2, 0.25) is 0 Å². The van der Waals surface area contributed by atoms with Crippen LogP contribution in [-0.2, 0) is 0 Å². The van der Waals surface area contributed by atoms with Gasteiger partial charge in [-0.1, -0.05) is 0 Å². The zero-order chi connectivity index (χ0) is 13.4. The summed E-state index contributed by atoms with van der Waals surface area (Å²) in [5, 5.41) is 3.29. The molecular weight excluding hydrogens is 302 g/mol. The summed E-state index contributed by atoms with van der Waals surface area (Å²) in [5.74, 6) is -1.02. The van der Waals surface area contributed by atoms with Gasteiger partial charge in [-0.25, -0.2) is 13.8 Å². The summed E-state index contributed by atoms with van der Waals surface area (Å²) in [6.07, 6.45) is 0. The first-order valence-electron chi connectivity index (χ1n) is 5.65. The van der Waals surface area contributed by atoms with Crippen molar-refractivity contribution in [2.45, 2.75) is 20.8 Å². The number of halogens is 3. The highest BCUT2D eigenvalue weighted by atomic mass is 79.9. The number of aromatic nitrogens is 1. The van der Waals surface area contributed by atoms with Gasteiger partial charge < -0.3 is 5.32 Å². The minimum atomic E-state index is -0.527. The number of fused-ring (bicyclic) bond motifs is 1. The third-order valence-electron chi connectivity index (χ3n) is 2.95. The molecule has 1 heterocycles. The summed E-state index contributed by atoms with van der Waals surface area (Å²) < 4.78 is 28.2. The van der Waals surface area contributed by atoms with E-state index in [0.29, 0.717) is 17.9 Å². The van der Waals surface area contributed by atoms with Crippen LogP contribution in [0.1, 0.15) is 18.2 Å². The number of rotatable bonds is 2. The molecule has 2 aromatic rings. The Morgan fingerprint density at radius 1 is 1.33 bits per heavy atom. The molecule has 18 heavy (non-hydrogen) atoms. The number of hydrogen-bond donors (Lipinski definition) is 1.